The molecule has 0 N–H and O–H groups in total. The van der Waals surface area contributed by atoms with E-state index in [2.05, 4.69) is 19.9 Å². The molecule has 0 aliphatic carbocycles. The molecule has 0 saturated heterocycles. The summed E-state index contributed by atoms with van der Waals surface area (Å²) in [5.41, 5.74) is 7.28. The lowest BCUT2D eigenvalue weighted by Crippen LogP contribution is -2.10. The summed E-state index contributed by atoms with van der Waals surface area (Å²) in [5.74, 6) is -2.53. The maximum absolute atomic E-state index is 15.3. The van der Waals surface area contributed by atoms with E-state index in [9.17, 15) is 8.42 Å². The van der Waals surface area contributed by atoms with Gasteiger partial charge in [-0.25, -0.2) is 17.2 Å². The van der Waals surface area contributed by atoms with E-state index in [1.807, 2.05) is 38.1 Å². The van der Waals surface area contributed by atoms with Crippen molar-refractivity contribution in [3.63, 3.8) is 0 Å². The summed E-state index contributed by atoms with van der Waals surface area (Å²) >= 11 is 0. The van der Waals surface area contributed by atoms with Crippen LogP contribution < -0.4 is 0 Å². The van der Waals surface area contributed by atoms with E-state index >= 15 is 8.78 Å². The molecule has 0 radical (unpaired) electrons. The molecule has 0 fully saturated rings. The molecule has 2 aromatic carbocycles. The van der Waals surface area contributed by atoms with Crippen LogP contribution in [0.25, 0.3) is 44.8 Å². The molecule has 6 rings (SSSR count). The Labute approximate surface area is 260 Å². The number of sulfone groups is 1. The van der Waals surface area contributed by atoms with Crippen molar-refractivity contribution in [2.75, 3.05) is 0 Å². The van der Waals surface area contributed by atoms with Gasteiger partial charge in [0.15, 0.2) is 9.84 Å². The molecule has 4 aromatic heterocycles. The molecule has 0 spiro atoms. The minimum atomic E-state index is -3.93. The zero-order chi connectivity index (χ0) is 31.6. The molecular formula is C36H28F2N4O2S. The van der Waals surface area contributed by atoms with Crippen LogP contribution in [0, 0.1) is 25.5 Å². The highest BCUT2D eigenvalue weighted by Crippen LogP contribution is 2.33. The molecule has 0 amide bonds. The molecule has 0 unspecified atom stereocenters. The number of rotatable bonds is 8. The number of pyridine rings is 4. The maximum atomic E-state index is 15.3. The Bertz CT molecular complexity index is 2010. The third kappa shape index (κ3) is 6.68. The maximum Gasteiger partial charge on any atom is 0.158 e. The Morgan fingerprint density at radius 1 is 0.578 bits per heavy atom. The first-order valence-corrected chi connectivity index (χ1v) is 16.0. The molecule has 9 heteroatoms. The van der Waals surface area contributed by atoms with Gasteiger partial charge in [0.05, 0.1) is 22.9 Å². The summed E-state index contributed by atoms with van der Waals surface area (Å²) in [5, 5.41) is 0. The highest BCUT2D eigenvalue weighted by molar-refractivity contribution is 7.89. The Morgan fingerprint density at radius 3 is 1.42 bits per heavy atom. The van der Waals surface area contributed by atoms with Gasteiger partial charge in [0, 0.05) is 81.7 Å². The second kappa shape index (κ2) is 12.5. The number of aryl methyl sites for hydroxylation is 2. The number of hydrogen-bond donors (Lipinski definition) is 0. The van der Waals surface area contributed by atoms with Crippen LogP contribution in [0.3, 0.4) is 0 Å². The number of benzene rings is 2. The van der Waals surface area contributed by atoms with Crippen molar-refractivity contribution in [1.82, 2.24) is 19.9 Å². The standard InChI is InChI=1S/C36H28F2N4O2S/c1-23-13-29(19-39-17-23)31-5-3-11-41-35(31)25-7-9-27(33(37)15-25)21-45(43,44)22-28-10-8-26(16-34(28)38)36-32(6-4-12-42-36)30-14-24(2)18-40-20-30/h3-20H,21-22H2,1-2H3. The third-order valence-electron chi connectivity index (χ3n) is 7.39. The predicted molar refractivity (Wildman–Crippen MR) is 172 cm³/mol. The fourth-order valence-electron chi connectivity index (χ4n) is 5.29. The van der Waals surface area contributed by atoms with Crippen molar-refractivity contribution >= 4 is 9.84 Å². The Morgan fingerprint density at radius 2 is 1.02 bits per heavy atom. The van der Waals surface area contributed by atoms with Crippen LogP contribution in [0.1, 0.15) is 22.3 Å². The van der Waals surface area contributed by atoms with Crippen LogP contribution in [-0.4, -0.2) is 28.4 Å². The molecule has 0 aliphatic rings. The van der Waals surface area contributed by atoms with Crippen LogP contribution in [-0.2, 0) is 21.3 Å². The van der Waals surface area contributed by atoms with E-state index < -0.39 is 33.0 Å². The molecular weight excluding hydrogens is 590 g/mol. The summed E-state index contributed by atoms with van der Waals surface area (Å²) in [7, 11) is -3.93. The van der Waals surface area contributed by atoms with Crippen LogP contribution in [0.4, 0.5) is 8.78 Å². The minimum absolute atomic E-state index is 0.00428. The van der Waals surface area contributed by atoms with E-state index in [-0.39, 0.29) is 11.1 Å². The summed E-state index contributed by atoms with van der Waals surface area (Å²) in [6.45, 7) is 3.87. The Kier molecular flexibility index (Phi) is 8.28. The van der Waals surface area contributed by atoms with E-state index in [0.29, 0.717) is 22.5 Å². The topological polar surface area (TPSA) is 85.7 Å². The molecule has 0 aliphatic heterocycles. The summed E-state index contributed by atoms with van der Waals surface area (Å²) in [6, 6.07) is 20.0. The summed E-state index contributed by atoms with van der Waals surface area (Å²) in [4.78, 5) is 17.4. The van der Waals surface area contributed by atoms with Crippen molar-refractivity contribution < 1.29 is 17.2 Å². The average molecular weight is 619 g/mol. The first-order chi connectivity index (χ1) is 21.7. The molecule has 0 saturated carbocycles. The molecule has 6 nitrogen and oxygen atoms in total. The van der Waals surface area contributed by atoms with E-state index in [4.69, 9.17) is 0 Å². The van der Waals surface area contributed by atoms with Crippen LogP contribution in [0.15, 0.2) is 110 Å². The van der Waals surface area contributed by atoms with Gasteiger partial charge in [-0.05, 0) is 61.4 Å². The van der Waals surface area contributed by atoms with Crippen LogP contribution >= 0.6 is 0 Å². The minimum Gasteiger partial charge on any atom is -0.264 e. The normalized spacial score (nSPS) is 11.5. The predicted octanol–water partition coefficient (Wildman–Crippen LogP) is 7.94. The Hall–Kier alpha value is -5.15. The van der Waals surface area contributed by atoms with Crippen molar-refractivity contribution in [3.8, 4) is 44.8 Å². The van der Waals surface area contributed by atoms with Crippen LogP contribution in [0.5, 0.6) is 0 Å². The van der Waals surface area contributed by atoms with Gasteiger partial charge in [0.1, 0.15) is 11.6 Å². The van der Waals surface area contributed by atoms with Crippen molar-refractivity contribution in [3.05, 3.63) is 144 Å². The third-order valence-corrected chi connectivity index (χ3v) is 8.89. The van der Waals surface area contributed by atoms with Crippen molar-refractivity contribution in [2.45, 2.75) is 25.4 Å². The second-order valence-electron chi connectivity index (χ2n) is 10.9. The highest BCUT2D eigenvalue weighted by Gasteiger charge is 2.20. The van der Waals surface area contributed by atoms with E-state index in [1.54, 1.807) is 61.4 Å². The number of halogens is 2. The lowest BCUT2D eigenvalue weighted by Gasteiger charge is -2.12. The molecule has 0 atom stereocenters. The quantitative estimate of drug-likeness (QED) is 0.172. The molecule has 0 bridgehead atoms. The first-order valence-electron chi connectivity index (χ1n) is 14.2. The fourth-order valence-corrected chi connectivity index (χ4v) is 6.81. The molecule has 6 aromatic rings. The summed E-state index contributed by atoms with van der Waals surface area (Å²) < 4.78 is 57.0. The van der Waals surface area contributed by atoms with E-state index in [1.165, 1.54) is 24.3 Å². The van der Waals surface area contributed by atoms with Gasteiger partial charge < -0.3 is 0 Å². The van der Waals surface area contributed by atoms with Gasteiger partial charge in [-0.2, -0.15) is 0 Å². The average Bonchev–Trinajstić information content (AvgIpc) is 3.03. The fraction of sp³-hybridized carbons (Fsp3) is 0.111. The molecule has 45 heavy (non-hydrogen) atoms. The lowest BCUT2D eigenvalue weighted by atomic mass is 9.99. The van der Waals surface area contributed by atoms with E-state index in [0.717, 1.165) is 33.4 Å². The SMILES string of the molecule is Cc1cncc(-c2cccnc2-c2ccc(CS(=O)(=O)Cc3ccc(-c4ncccc4-c4cncc(C)c4)cc3F)c(F)c2)c1. The van der Waals surface area contributed by atoms with Gasteiger partial charge in [-0.15, -0.1) is 0 Å². The van der Waals surface area contributed by atoms with Gasteiger partial charge in [0.2, 0.25) is 0 Å². The summed E-state index contributed by atoms with van der Waals surface area (Å²) in [6.07, 6.45) is 10.2. The second-order valence-corrected chi connectivity index (χ2v) is 13.0. The van der Waals surface area contributed by atoms with Gasteiger partial charge in [-0.3, -0.25) is 19.9 Å². The number of nitrogens with zero attached hydrogens (tertiary/aromatic N) is 4. The smallest absolute Gasteiger partial charge is 0.158 e. The first kappa shape index (κ1) is 29.9. The largest absolute Gasteiger partial charge is 0.264 e. The highest BCUT2D eigenvalue weighted by atomic mass is 32.2. The van der Waals surface area contributed by atoms with Gasteiger partial charge >= 0.3 is 0 Å². The zero-order valence-electron chi connectivity index (χ0n) is 24.6. The molecule has 4 heterocycles. The number of aromatic nitrogens is 4. The van der Waals surface area contributed by atoms with Gasteiger partial charge in [0.25, 0.3) is 0 Å². The van der Waals surface area contributed by atoms with Crippen molar-refractivity contribution in [2.24, 2.45) is 0 Å². The molecule has 224 valence electrons. The number of hydrogen-bond acceptors (Lipinski definition) is 6. The monoisotopic (exact) mass is 618 g/mol. The van der Waals surface area contributed by atoms with Crippen LogP contribution in [0.2, 0.25) is 0 Å². The zero-order valence-corrected chi connectivity index (χ0v) is 25.4. The lowest BCUT2D eigenvalue weighted by molar-refractivity contribution is 0.581. The Balaban J connectivity index is 1.23. The van der Waals surface area contributed by atoms with Crippen molar-refractivity contribution in [1.29, 1.82) is 0 Å². The van der Waals surface area contributed by atoms with Gasteiger partial charge in [-0.1, -0.05) is 36.4 Å².